The summed E-state index contributed by atoms with van der Waals surface area (Å²) in [6.07, 6.45) is 0. The molecule has 21 heavy (non-hydrogen) atoms. The van der Waals surface area contributed by atoms with Crippen LogP contribution in [-0.2, 0) is 19.4 Å². The number of benzene rings is 1. The monoisotopic (exact) mass is 327 g/mol. The van der Waals surface area contributed by atoms with E-state index in [2.05, 4.69) is 4.74 Å². The Kier molecular flexibility index (Phi) is 6.72. The second-order valence-electron chi connectivity index (χ2n) is 4.45. The minimum Gasteiger partial charge on any atom is -0.469 e. The predicted octanol–water partition coefficient (Wildman–Crippen LogP) is 1.87. The van der Waals surface area contributed by atoms with Gasteiger partial charge in [0.15, 0.2) is 9.84 Å². The normalized spacial score (nSPS) is 12.4. The first kappa shape index (κ1) is 17.5. The minimum absolute atomic E-state index is 0.00252. The molecule has 0 radical (unpaired) electrons. The molecule has 0 aliphatic heterocycles. The van der Waals surface area contributed by atoms with Gasteiger partial charge in [-0.1, -0.05) is 6.92 Å². The van der Waals surface area contributed by atoms with Crippen LogP contribution in [0.2, 0.25) is 0 Å². The lowest BCUT2D eigenvalue weighted by atomic mass is 10.2. The van der Waals surface area contributed by atoms with E-state index < -0.39 is 9.84 Å². The maximum atomic E-state index is 12.1. The van der Waals surface area contributed by atoms with Gasteiger partial charge in [0.05, 0.1) is 35.3 Å². The van der Waals surface area contributed by atoms with Crippen LogP contribution in [0.4, 0.5) is 0 Å². The fourth-order valence-electron chi connectivity index (χ4n) is 1.55. The predicted molar refractivity (Wildman–Crippen MR) is 81.7 cm³/mol. The van der Waals surface area contributed by atoms with E-state index >= 15 is 0 Å². The van der Waals surface area contributed by atoms with Crippen molar-refractivity contribution in [2.75, 3.05) is 24.4 Å². The smallest absolute Gasteiger partial charge is 0.309 e. The summed E-state index contributed by atoms with van der Waals surface area (Å²) >= 11 is 1.40. The number of nitriles is 1. The highest BCUT2D eigenvalue weighted by molar-refractivity contribution is 8.00. The Morgan fingerprint density at radius 3 is 2.52 bits per heavy atom. The molecule has 0 aliphatic carbocycles. The topological polar surface area (TPSA) is 84.2 Å². The highest BCUT2D eigenvalue weighted by atomic mass is 32.2. The van der Waals surface area contributed by atoms with E-state index in [9.17, 15) is 13.2 Å². The number of ether oxygens (including phenoxy) is 1. The molecule has 5 nitrogen and oxygen atoms in total. The van der Waals surface area contributed by atoms with E-state index in [1.54, 1.807) is 6.92 Å². The number of carbonyl (C=O) groups excluding carboxylic acids is 1. The van der Waals surface area contributed by atoms with Gasteiger partial charge in [0, 0.05) is 11.5 Å². The van der Waals surface area contributed by atoms with E-state index in [1.165, 1.54) is 43.1 Å². The zero-order valence-corrected chi connectivity index (χ0v) is 13.5. The van der Waals surface area contributed by atoms with Crippen LogP contribution in [0, 0.1) is 17.2 Å². The first-order chi connectivity index (χ1) is 9.90. The van der Waals surface area contributed by atoms with Crippen LogP contribution < -0.4 is 0 Å². The van der Waals surface area contributed by atoms with Crippen LogP contribution in [0.3, 0.4) is 0 Å². The molecule has 0 saturated heterocycles. The van der Waals surface area contributed by atoms with Crippen LogP contribution in [0.1, 0.15) is 12.5 Å². The van der Waals surface area contributed by atoms with Crippen LogP contribution in [0.5, 0.6) is 0 Å². The molecular weight excluding hydrogens is 310 g/mol. The van der Waals surface area contributed by atoms with Crippen molar-refractivity contribution in [3.8, 4) is 6.07 Å². The van der Waals surface area contributed by atoms with Crippen molar-refractivity contribution in [1.29, 1.82) is 5.26 Å². The molecule has 1 atom stereocenters. The quantitative estimate of drug-likeness (QED) is 0.561. The highest BCUT2D eigenvalue weighted by Crippen LogP contribution is 2.15. The molecule has 0 heterocycles. The van der Waals surface area contributed by atoms with Gasteiger partial charge >= 0.3 is 5.97 Å². The van der Waals surface area contributed by atoms with Crippen molar-refractivity contribution in [1.82, 2.24) is 0 Å². The van der Waals surface area contributed by atoms with Gasteiger partial charge in [-0.3, -0.25) is 4.79 Å². The molecule has 0 N–H and O–H groups in total. The Morgan fingerprint density at radius 2 is 2.00 bits per heavy atom. The fraction of sp³-hybridized carbons (Fsp3) is 0.429. The number of carbonyl (C=O) groups is 1. The van der Waals surface area contributed by atoms with Crippen LogP contribution in [0.15, 0.2) is 29.2 Å². The molecular formula is C14H17NO4S2. The third-order valence-corrected chi connectivity index (χ3v) is 6.03. The molecule has 0 amide bonds. The second kappa shape index (κ2) is 8.05. The van der Waals surface area contributed by atoms with Crippen molar-refractivity contribution in [2.45, 2.75) is 11.8 Å². The van der Waals surface area contributed by atoms with E-state index in [-0.39, 0.29) is 22.5 Å². The Morgan fingerprint density at radius 1 is 1.38 bits per heavy atom. The number of methoxy groups -OCH3 is 1. The van der Waals surface area contributed by atoms with Crippen molar-refractivity contribution in [2.24, 2.45) is 5.92 Å². The second-order valence-corrected chi connectivity index (χ2v) is 7.71. The summed E-state index contributed by atoms with van der Waals surface area (Å²) in [5, 5.41) is 8.68. The van der Waals surface area contributed by atoms with Gasteiger partial charge in [-0.2, -0.15) is 17.0 Å². The molecule has 0 aromatic heterocycles. The van der Waals surface area contributed by atoms with Gasteiger partial charge in [0.2, 0.25) is 0 Å². The molecule has 0 aliphatic rings. The van der Waals surface area contributed by atoms with Gasteiger partial charge in [-0.05, 0) is 24.3 Å². The molecule has 0 bridgehead atoms. The molecule has 0 fully saturated rings. The van der Waals surface area contributed by atoms with Gasteiger partial charge in [0.25, 0.3) is 0 Å². The SMILES string of the molecule is COC(=O)C(C)CSCCS(=O)(=O)c1ccc(C#N)cc1. The van der Waals surface area contributed by atoms with Gasteiger partial charge in [0.1, 0.15) is 0 Å². The molecule has 1 aromatic rings. The summed E-state index contributed by atoms with van der Waals surface area (Å²) in [6.45, 7) is 1.74. The van der Waals surface area contributed by atoms with Gasteiger partial charge in [-0.15, -0.1) is 0 Å². The molecule has 7 heteroatoms. The average Bonchev–Trinajstić information content (AvgIpc) is 2.50. The third kappa shape index (κ3) is 5.40. The van der Waals surface area contributed by atoms with Crippen LogP contribution in [-0.4, -0.2) is 38.8 Å². The lowest BCUT2D eigenvalue weighted by Gasteiger charge is -2.08. The number of rotatable bonds is 7. The van der Waals surface area contributed by atoms with E-state index in [4.69, 9.17) is 5.26 Å². The fourth-order valence-corrected chi connectivity index (χ4v) is 4.34. The number of esters is 1. The summed E-state index contributed by atoms with van der Waals surface area (Å²) in [5.41, 5.74) is 0.426. The van der Waals surface area contributed by atoms with Crippen molar-refractivity contribution < 1.29 is 17.9 Å². The Bertz CT molecular complexity index is 617. The van der Waals surface area contributed by atoms with Crippen molar-refractivity contribution >= 4 is 27.6 Å². The van der Waals surface area contributed by atoms with Gasteiger partial charge < -0.3 is 4.74 Å². The summed E-state index contributed by atoms with van der Waals surface area (Å²) in [7, 11) is -2.02. The number of hydrogen-bond acceptors (Lipinski definition) is 6. The van der Waals surface area contributed by atoms with Crippen molar-refractivity contribution in [3.63, 3.8) is 0 Å². The van der Waals surface area contributed by atoms with Gasteiger partial charge in [-0.25, -0.2) is 8.42 Å². The largest absolute Gasteiger partial charge is 0.469 e. The van der Waals surface area contributed by atoms with Crippen molar-refractivity contribution in [3.05, 3.63) is 29.8 Å². The maximum absolute atomic E-state index is 12.1. The summed E-state index contributed by atoms with van der Waals surface area (Å²) in [4.78, 5) is 11.4. The Balaban J connectivity index is 2.50. The van der Waals surface area contributed by atoms with Crippen LogP contribution in [0.25, 0.3) is 0 Å². The molecule has 114 valence electrons. The number of thioether (sulfide) groups is 1. The lowest BCUT2D eigenvalue weighted by Crippen LogP contribution is -2.16. The molecule has 1 aromatic carbocycles. The third-order valence-electron chi connectivity index (χ3n) is 2.81. The summed E-state index contributed by atoms with van der Waals surface area (Å²) < 4.78 is 28.8. The Labute approximate surface area is 129 Å². The number of nitrogens with zero attached hydrogens (tertiary/aromatic N) is 1. The average molecular weight is 327 g/mol. The lowest BCUT2D eigenvalue weighted by molar-refractivity contribution is -0.143. The maximum Gasteiger partial charge on any atom is 0.309 e. The molecule has 0 spiro atoms. The Hall–Kier alpha value is -1.52. The standard InChI is InChI=1S/C14H17NO4S2/c1-11(14(16)19-2)10-20-7-8-21(17,18)13-5-3-12(9-15)4-6-13/h3-6,11H,7-8,10H2,1-2H3. The molecule has 1 rings (SSSR count). The first-order valence-electron chi connectivity index (χ1n) is 6.29. The molecule has 1 unspecified atom stereocenters. The zero-order valence-electron chi connectivity index (χ0n) is 11.9. The summed E-state index contributed by atoms with van der Waals surface area (Å²) in [5.74, 6) is 0.381. The zero-order chi connectivity index (χ0) is 15.9. The minimum atomic E-state index is -3.36. The first-order valence-corrected chi connectivity index (χ1v) is 9.10. The van der Waals surface area contributed by atoms with E-state index in [0.717, 1.165) is 0 Å². The van der Waals surface area contributed by atoms with E-state index in [0.29, 0.717) is 17.1 Å². The summed E-state index contributed by atoms with van der Waals surface area (Å²) in [6, 6.07) is 7.79. The van der Waals surface area contributed by atoms with E-state index in [1.807, 2.05) is 6.07 Å². The number of hydrogen-bond donors (Lipinski definition) is 0. The van der Waals surface area contributed by atoms with Crippen LogP contribution >= 0.6 is 11.8 Å². The highest BCUT2D eigenvalue weighted by Gasteiger charge is 2.16. The molecule has 0 saturated carbocycles. The number of sulfone groups is 1.